The SMILES string of the molecule is CC/C(=C\c1sc2ccc(OC)cc2[n+]1CC)SC.CS(=O)(=O)O[O-]. The van der Waals surface area contributed by atoms with Crippen LogP contribution in [0.15, 0.2) is 23.1 Å². The quantitative estimate of drug-likeness (QED) is 0.417. The van der Waals surface area contributed by atoms with Gasteiger partial charge in [-0.05, 0) is 36.6 Å². The van der Waals surface area contributed by atoms with E-state index in [1.165, 1.54) is 20.1 Å². The molecule has 9 heteroatoms. The third-order valence-corrected chi connectivity index (χ3v) is 5.56. The van der Waals surface area contributed by atoms with Gasteiger partial charge in [-0.3, -0.25) is 0 Å². The summed E-state index contributed by atoms with van der Waals surface area (Å²) in [4.78, 5) is 1.42. The van der Waals surface area contributed by atoms with Gasteiger partial charge in [0.15, 0.2) is 0 Å². The molecule has 0 saturated heterocycles. The molecule has 0 bridgehead atoms. The van der Waals surface area contributed by atoms with E-state index in [0.717, 1.165) is 18.7 Å². The molecule has 0 saturated carbocycles. The van der Waals surface area contributed by atoms with Crippen LogP contribution < -0.4 is 14.6 Å². The van der Waals surface area contributed by atoms with Crippen LogP contribution in [-0.2, 0) is 21.0 Å². The van der Waals surface area contributed by atoms with Crippen molar-refractivity contribution in [3.05, 3.63) is 28.1 Å². The minimum atomic E-state index is -3.72. The molecule has 0 amide bonds. The average Bonchev–Trinajstić information content (AvgIpc) is 2.95. The third-order valence-electron chi connectivity index (χ3n) is 3.27. The Balaban J connectivity index is 0.000000450. The van der Waals surface area contributed by atoms with Crippen molar-refractivity contribution in [1.82, 2.24) is 0 Å². The van der Waals surface area contributed by atoms with Gasteiger partial charge in [0.2, 0.25) is 5.52 Å². The molecular formula is C16H23NO5S3. The lowest BCUT2D eigenvalue weighted by Crippen LogP contribution is -2.33. The van der Waals surface area contributed by atoms with Crippen molar-refractivity contribution in [2.24, 2.45) is 0 Å². The number of rotatable bonds is 6. The molecule has 0 spiro atoms. The van der Waals surface area contributed by atoms with Crippen molar-refractivity contribution in [1.29, 1.82) is 0 Å². The number of allylic oxidation sites excluding steroid dienone is 1. The molecule has 2 aromatic rings. The number of aromatic nitrogens is 1. The summed E-state index contributed by atoms with van der Waals surface area (Å²) < 4.78 is 30.6. The zero-order valence-corrected chi connectivity index (χ0v) is 17.4. The molecule has 1 aromatic carbocycles. The molecular weight excluding hydrogens is 382 g/mol. The highest BCUT2D eigenvalue weighted by atomic mass is 32.2. The van der Waals surface area contributed by atoms with Gasteiger partial charge in [-0.15, -0.1) is 11.8 Å². The number of fused-ring (bicyclic) bond motifs is 1. The number of benzene rings is 1. The molecule has 1 aromatic heterocycles. The largest absolute Gasteiger partial charge is 0.707 e. The molecule has 0 unspecified atom stereocenters. The van der Waals surface area contributed by atoms with Crippen molar-refractivity contribution in [2.75, 3.05) is 19.6 Å². The van der Waals surface area contributed by atoms with Crippen LogP contribution >= 0.6 is 23.1 Å². The maximum Gasteiger partial charge on any atom is 0.263 e. The fourth-order valence-electron chi connectivity index (χ4n) is 2.08. The highest BCUT2D eigenvalue weighted by molar-refractivity contribution is 8.02. The second-order valence-corrected chi connectivity index (χ2v) is 8.50. The second-order valence-electron chi connectivity index (χ2n) is 4.96. The van der Waals surface area contributed by atoms with E-state index in [1.54, 1.807) is 7.11 Å². The minimum Gasteiger partial charge on any atom is -0.707 e. The summed E-state index contributed by atoms with van der Waals surface area (Å²) in [5.41, 5.74) is 1.26. The van der Waals surface area contributed by atoms with Crippen LogP contribution in [0, 0.1) is 0 Å². The van der Waals surface area contributed by atoms with Crippen LogP contribution in [0.5, 0.6) is 5.75 Å². The predicted molar refractivity (Wildman–Crippen MR) is 102 cm³/mol. The van der Waals surface area contributed by atoms with E-state index < -0.39 is 10.1 Å². The van der Waals surface area contributed by atoms with Crippen molar-refractivity contribution in [3.63, 3.8) is 0 Å². The zero-order valence-electron chi connectivity index (χ0n) is 14.9. The Morgan fingerprint density at radius 1 is 1.40 bits per heavy atom. The molecule has 0 radical (unpaired) electrons. The van der Waals surface area contributed by atoms with Crippen LogP contribution in [0.3, 0.4) is 0 Å². The average molecular weight is 406 g/mol. The van der Waals surface area contributed by atoms with Crippen LogP contribution in [0.1, 0.15) is 25.3 Å². The van der Waals surface area contributed by atoms with Crippen LogP contribution in [0.2, 0.25) is 0 Å². The van der Waals surface area contributed by atoms with E-state index in [0.29, 0.717) is 6.26 Å². The van der Waals surface area contributed by atoms with Crippen molar-refractivity contribution in [3.8, 4) is 5.75 Å². The fourth-order valence-corrected chi connectivity index (χ4v) is 3.85. The molecule has 25 heavy (non-hydrogen) atoms. The van der Waals surface area contributed by atoms with Crippen LogP contribution in [0.4, 0.5) is 0 Å². The van der Waals surface area contributed by atoms with Gasteiger partial charge in [0.05, 0.1) is 19.4 Å². The molecule has 2 rings (SSSR count). The van der Waals surface area contributed by atoms with E-state index in [-0.39, 0.29) is 0 Å². The molecule has 0 aliphatic carbocycles. The van der Waals surface area contributed by atoms with Crippen molar-refractivity contribution >= 4 is 49.5 Å². The number of aryl methyl sites for hydroxylation is 1. The van der Waals surface area contributed by atoms with Crippen molar-refractivity contribution in [2.45, 2.75) is 26.8 Å². The zero-order chi connectivity index (χ0) is 19.0. The molecule has 0 fully saturated rings. The number of thiazole rings is 1. The number of methoxy groups -OCH3 is 1. The Morgan fingerprint density at radius 2 is 2.04 bits per heavy atom. The highest BCUT2D eigenvalue weighted by Gasteiger charge is 2.18. The Morgan fingerprint density at radius 3 is 2.48 bits per heavy atom. The van der Waals surface area contributed by atoms with Gasteiger partial charge in [0, 0.05) is 6.08 Å². The highest BCUT2D eigenvalue weighted by Crippen LogP contribution is 2.28. The fraction of sp³-hybridized carbons (Fsp3) is 0.438. The van der Waals surface area contributed by atoms with Crippen LogP contribution in [0.25, 0.3) is 16.3 Å². The summed E-state index contributed by atoms with van der Waals surface area (Å²) in [6.45, 7) is 5.37. The first-order valence-corrected chi connectivity index (χ1v) is 11.4. The standard InChI is InChI=1S/C15H20NOS2.CH4O4S/c1-5-12(18-4)10-15-16(6-2)13-9-11(17-3)7-8-14(13)19-15;1-6(3,4)5-2/h7-10H,5-6H2,1-4H3;2H,1H3/q+1;/p-1/b12-10+;. The van der Waals surface area contributed by atoms with Gasteiger partial charge in [0.25, 0.3) is 15.1 Å². The summed E-state index contributed by atoms with van der Waals surface area (Å²) in [6, 6.07) is 6.30. The molecule has 140 valence electrons. The molecule has 1 heterocycles. The summed E-state index contributed by atoms with van der Waals surface area (Å²) in [6.07, 6.45) is 6.22. The maximum absolute atomic E-state index is 9.47. The van der Waals surface area contributed by atoms with Crippen molar-refractivity contribution < 1.29 is 27.3 Å². The maximum atomic E-state index is 9.47. The van der Waals surface area contributed by atoms with Gasteiger partial charge in [-0.25, -0.2) is 8.42 Å². The first kappa shape index (κ1) is 21.9. The van der Waals surface area contributed by atoms with Crippen LogP contribution in [-0.4, -0.2) is 28.0 Å². The molecule has 6 nitrogen and oxygen atoms in total. The number of nitrogens with zero attached hydrogens (tertiary/aromatic N) is 1. The summed E-state index contributed by atoms with van der Waals surface area (Å²) >= 11 is 3.68. The number of thioether (sulfide) groups is 1. The van der Waals surface area contributed by atoms with Gasteiger partial charge in [-0.2, -0.15) is 4.57 Å². The van der Waals surface area contributed by atoms with E-state index in [1.807, 2.05) is 29.2 Å². The summed E-state index contributed by atoms with van der Waals surface area (Å²) in [7, 11) is -2.00. The minimum absolute atomic E-state index is 0.681. The summed E-state index contributed by atoms with van der Waals surface area (Å²) in [5.74, 6) is 0.920. The number of hydrogen-bond donors (Lipinski definition) is 0. The molecule has 0 aliphatic rings. The topological polar surface area (TPSA) is 79.5 Å². The molecule has 0 atom stereocenters. The third kappa shape index (κ3) is 6.59. The Hall–Kier alpha value is -1.13. The number of hydrogen-bond acceptors (Lipinski definition) is 7. The Bertz CT molecular complexity index is 822. The monoisotopic (exact) mass is 405 g/mol. The van der Waals surface area contributed by atoms with Gasteiger partial charge >= 0.3 is 0 Å². The smallest absolute Gasteiger partial charge is 0.263 e. The van der Waals surface area contributed by atoms with Gasteiger partial charge in [0.1, 0.15) is 17.0 Å². The predicted octanol–water partition coefficient (Wildman–Crippen LogP) is 2.57. The van der Waals surface area contributed by atoms with E-state index in [9.17, 15) is 8.42 Å². The normalized spacial score (nSPS) is 12.0. The van der Waals surface area contributed by atoms with E-state index in [4.69, 9.17) is 9.99 Å². The number of ether oxygens (including phenoxy) is 1. The lowest BCUT2D eigenvalue weighted by Gasteiger charge is -1.98. The summed E-state index contributed by atoms with van der Waals surface area (Å²) in [5, 5.41) is 10.2. The Kier molecular flexibility index (Phi) is 8.87. The second kappa shape index (κ2) is 10.1. The van der Waals surface area contributed by atoms with E-state index in [2.05, 4.69) is 47.2 Å². The first-order chi connectivity index (χ1) is 11.8. The van der Waals surface area contributed by atoms with Gasteiger partial charge in [-0.1, -0.05) is 18.3 Å². The lowest BCUT2D eigenvalue weighted by molar-refractivity contribution is -0.665. The molecule has 0 aliphatic heterocycles. The Labute approximate surface area is 157 Å². The lowest BCUT2D eigenvalue weighted by atomic mass is 10.3. The van der Waals surface area contributed by atoms with Gasteiger partial charge < -0.3 is 14.3 Å². The van der Waals surface area contributed by atoms with E-state index >= 15 is 0 Å². The first-order valence-electron chi connectivity index (χ1n) is 7.55. The molecule has 0 N–H and O–H groups in total.